The molecule has 2 aromatic carbocycles. The molecule has 1 saturated carbocycles. The molecule has 1 N–H and O–H groups in total. The maximum Gasteiger partial charge on any atom is 0.220 e. The van der Waals surface area contributed by atoms with E-state index in [1.165, 1.54) is 32.1 Å². The maximum absolute atomic E-state index is 12.5. The second-order valence-corrected chi connectivity index (χ2v) is 10.2. The Labute approximate surface area is 218 Å². The molecular formula is C28H36N4O3S. The summed E-state index contributed by atoms with van der Waals surface area (Å²) < 4.78 is 13.0. The zero-order chi connectivity index (χ0) is 25.2. The Hall–Kier alpha value is -3.00. The van der Waals surface area contributed by atoms with Crippen LogP contribution < -0.4 is 14.8 Å². The summed E-state index contributed by atoms with van der Waals surface area (Å²) in [5.41, 5.74) is 1.95. The van der Waals surface area contributed by atoms with Gasteiger partial charge in [0.1, 0.15) is 17.3 Å². The van der Waals surface area contributed by atoms with Crippen molar-refractivity contribution in [2.75, 3.05) is 20.0 Å². The molecule has 7 nitrogen and oxygen atoms in total. The second-order valence-electron chi connectivity index (χ2n) is 9.19. The van der Waals surface area contributed by atoms with Crippen LogP contribution in [0.2, 0.25) is 0 Å². The predicted octanol–water partition coefficient (Wildman–Crippen LogP) is 5.60. The third-order valence-electron chi connectivity index (χ3n) is 6.66. The van der Waals surface area contributed by atoms with Gasteiger partial charge >= 0.3 is 0 Å². The lowest BCUT2D eigenvalue weighted by molar-refractivity contribution is -0.121. The monoisotopic (exact) mass is 508 g/mol. The first kappa shape index (κ1) is 26.1. The summed E-state index contributed by atoms with van der Waals surface area (Å²) in [4.78, 5) is 12.5. The van der Waals surface area contributed by atoms with E-state index in [0.29, 0.717) is 25.8 Å². The summed E-state index contributed by atoms with van der Waals surface area (Å²) in [6, 6.07) is 15.7. The lowest BCUT2D eigenvalue weighted by Gasteiger charge is -2.21. The lowest BCUT2D eigenvalue weighted by atomic mass is 9.91. The Balaban J connectivity index is 1.39. The van der Waals surface area contributed by atoms with Crippen LogP contribution in [0.15, 0.2) is 53.7 Å². The van der Waals surface area contributed by atoms with Crippen LogP contribution in [-0.4, -0.2) is 40.6 Å². The second kappa shape index (κ2) is 13.3. The average molecular weight is 509 g/mol. The SMILES string of the molecule is COc1cccc(-n2c(CCCC(=O)NCc3ccccc3OC)nnc2SCC2CCCCC2)c1. The molecule has 8 heteroatoms. The van der Waals surface area contributed by atoms with E-state index in [2.05, 4.69) is 26.1 Å². The molecule has 1 aliphatic rings. The van der Waals surface area contributed by atoms with Gasteiger partial charge in [-0.2, -0.15) is 0 Å². The van der Waals surface area contributed by atoms with Crippen LogP contribution in [0.25, 0.3) is 5.69 Å². The molecule has 0 spiro atoms. The molecule has 1 heterocycles. The number of carbonyl (C=O) groups is 1. The first-order chi connectivity index (χ1) is 17.7. The first-order valence-electron chi connectivity index (χ1n) is 12.8. The van der Waals surface area contributed by atoms with Crippen molar-refractivity contribution in [3.8, 4) is 17.2 Å². The van der Waals surface area contributed by atoms with E-state index < -0.39 is 0 Å². The number of methoxy groups -OCH3 is 2. The molecule has 0 bridgehead atoms. The Morgan fingerprint density at radius 1 is 1.06 bits per heavy atom. The minimum atomic E-state index is 0.0141. The van der Waals surface area contributed by atoms with Gasteiger partial charge in [-0.15, -0.1) is 10.2 Å². The fourth-order valence-corrected chi connectivity index (χ4v) is 5.81. The zero-order valence-corrected chi connectivity index (χ0v) is 22.1. The Morgan fingerprint density at radius 2 is 1.89 bits per heavy atom. The van der Waals surface area contributed by atoms with E-state index in [1.807, 2.05) is 42.5 Å². The predicted molar refractivity (Wildman–Crippen MR) is 143 cm³/mol. The summed E-state index contributed by atoms with van der Waals surface area (Å²) in [7, 11) is 3.31. The minimum absolute atomic E-state index is 0.0141. The Kier molecular flexibility index (Phi) is 9.67. The molecule has 1 aromatic heterocycles. The highest BCUT2D eigenvalue weighted by atomic mass is 32.2. The Bertz CT molecular complexity index is 1130. The number of rotatable bonds is 12. The largest absolute Gasteiger partial charge is 0.497 e. The van der Waals surface area contributed by atoms with E-state index in [1.54, 1.807) is 26.0 Å². The molecule has 0 radical (unpaired) electrons. The number of aryl methyl sites for hydroxylation is 1. The highest BCUT2D eigenvalue weighted by Gasteiger charge is 2.19. The standard InChI is InChI=1S/C28H36N4O3S/c1-34-24-14-8-13-23(18-24)32-26(30-31-28(32)36-20-21-10-4-3-5-11-21)16-9-17-27(33)29-19-22-12-6-7-15-25(22)35-2/h6-8,12-15,18,21H,3-5,9-11,16-17,19-20H2,1-2H3,(H,29,33). The van der Waals surface area contributed by atoms with Crippen LogP contribution in [0.1, 0.15) is 56.3 Å². The number of benzene rings is 2. The molecule has 1 amide bonds. The number of nitrogens with zero attached hydrogens (tertiary/aromatic N) is 3. The number of hydrogen-bond donors (Lipinski definition) is 1. The lowest BCUT2D eigenvalue weighted by Crippen LogP contribution is -2.23. The molecule has 192 valence electrons. The van der Waals surface area contributed by atoms with Gasteiger partial charge < -0.3 is 14.8 Å². The first-order valence-corrected chi connectivity index (χ1v) is 13.8. The van der Waals surface area contributed by atoms with Gasteiger partial charge in [0.15, 0.2) is 5.16 Å². The van der Waals surface area contributed by atoms with E-state index in [-0.39, 0.29) is 5.91 Å². The van der Waals surface area contributed by atoms with Gasteiger partial charge in [0.2, 0.25) is 5.91 Å². The van der Waals surface area contributed by atoms with Crippen molar-refractivity contribution in [1.29, 1.82) is 0 Å². The number of hydrogen-bond acceptors (Lipinski definition) is 6. The van der Waals surface area contributed by atoms with Gasteiger partial charge in [0.05, 0.1) is 19.9 Å². The van der Waals surface area contributed by atoms with Crippen LogP contribution >= 0.6 is 11.8 Å². The highest BCUT2D eigenvalue weighted by Crippen LogP contribution is 2.31. The van der Waals surface area contributed by atoms with Crippen molar-refractivity contribution >= 4 is 17.7 Å². The third kappa shape index (κ3) is 7.03. The molecule has 3 aromatic rings. The van der Waals surface area contributed by atoms with Crippen LogP contribution in [0.5, 0.6) is 11.5 Å². The summed E-state index contributed by atoms with van der Waals surface area (Å²) in [5, 5.41) is 13.0. The third-order valence-corrected chi connectivity index (χ3v) is 7.82. The minimum Gasteiger partial charge on any atom is -0.497 e. The number of amides is 1. The van der Waals surface area contributed by atoms with Crippen LogP contribution in [-0.2, 0) is 17.8 Å². The van der Waals surface area contributed by atoms with Crippen molar-refractivity contribution in [2.45, 2.75) is 63.1 Å². The maximum atomic E-state index is 12.5. The van der Waals surface area contributed by atoms with Gasteiger partial charge in [-0.25, -0.2) is 0 Å². The fourth-order valence-electron chi connectivity index (χ4n) is 4.65. The normalized spacial score (nSPS) is 13.9. The van der Waals surface area contributed by atoms with Crippen molar-refractivity contribution in [3.63, 3.8) is 0 Å². The van der Waals surface area contributed by atoms with Gasteiger partial charge in [0, 0.05) is 36.8 Å². The molecule has 0 unspecified atom stereocenters. The number of aromatic nitrogens is 3. The van der Waals surface area contributed by atoms with E-state index in [4.69, 9.17) is 9.47 Å². The molecule has 36 heavy (non-hydrogen) atoms. The quantitative estimate of drug-likeness (QED) is 0.321. The van der Waals surface area contributed by atoms with Gasteiger partial charge in [-0.05, 0) is 43.4 Å². The zero-order valence-electron chi connectivity index (χ0n) is 21.2. The van der Waals surface area contributed by atoms with Crippen molar-refractivity contribution in [1.82, 2.24) is 20.1 Å². The summed E-state index contributed by atoms with van der Waals surface area (Å²) in [6.45, 7) is 0.449. The summed E-state index contributed by atoms with van der Waals surface area (Å²) >= 11 is 1.79. The van der Waals surface area contributed by atoms with Crippen LogP contribution in [0, 0.1) is 5.92 Å². The fraction of sp³-hybridized carbons (Fsp3) is 0.464. The van der Waals surface area contributed by atoms with Crippen molar-refractivity contribution in [3.05, 3.63) is 59.9 Å². The van der Waals surface area contributed by atoms with Crippen molar-refractivity contribution in [2.24, 2.45) is 5.92 Å². The van der Waals surface area contributed by atoms with Crippen molar-refractivity contribution < 1.29 is 14.3 Å². The summed E-state index contributed by atoms with van der Waals surface area (Å²) in [6.07, 6.45) is 8.40. The molecule has 1 fully saturated rings. The molecule has 4 rings (SSSR count). The van der Waals surface area contributed by atoms with Crippen LogP contribution in [0.4, 0.5) is 0 Å². The van der Waals surface area contributed by atoms with E-state index >= 15 is 0 Å². The number of nitrogens with one attached hydrogen (secondary N) is 1. The van der Waals surface area contributed by atoms with E-state index in [0.717, 1.165) is 45.4 Å². The van der Waals surface area contributed by atoms with Crippen LogP contribution in [0.3, 0.4) is 0 Å². The smallest absolute Gasteiger partial charge is 0.220 e. The summed E-state index contributed by atoms with van der Waals surface area (Å²) in [5.74, 6) is 4.27. The van der Waals surface area contributed by atoms with E-state index in [9.17, 15) is 4.79 Å². The highest BCUT2D eigenvalue weighted by molar-refractivity contribution is 7.99. The number of carbonyl (C=O) groups excluding carboxylic acids is 1. The Morgan fingerprint density at radius 3 is 2.69 bits per heavy atom. The molecule has 0 saturated heterocycles. The molecule has 0 atom stereocenters. The van der Waals surface area contributed by atoms with Gasteiger partial charge in [-0.3, -0.25) is 9.36 Å². The molecular weight excluding hydrogens is 472 g/mol. The topological polar surface area (TPSA) is 78.3 Å². The molecule has 0 aliphatic heterocycles. The van der Waals surface area contributed by atoms with Gasteiger partial charge in [-0.1, -0.05) is 55.3 Å². The number of ether oxygens (including phenoxy) is 2. The average Bonchev–Trinajstić information content (AvgIpc) is 3.34. The number of para-hydroxylation sites is 1. The van der Waals surface area contributed by atoms with Gasteiger partial charge in [0.25, 0.3) is 0 Å². The molecule has 1 aliphatic carbocycles. The number of thioether (sulfide) groups is 1.